The van der Waals surface area contributed by atoms with Crippen molar-refractivity contribution in [3.8, 4) is 11.5 Å². The Morgan fingerprint density at radius 2 is 2.04 bits per heavy atom. The Bertz CT molecular complexity index is 1230. The molecule has 0 saturated carbocycles. The third-order valence-corrected chi connectivity index (χ3v) is 4.73. The zero-order chi connectivity index (χ0) is 20.0. The second-order valence-corrected chi connectivity index (χ2v) is 6.55. The van der Waals surface area contributed by atoms with Crippen LogP contribution in [0.4, 0.5) is 0 Å². The summed E-state index contributed by atoms with van der Waals surface area (Å²) in [6.07, 6.45) is 1.43. The molecule has 0 fully saturated rings. The van der Waals surface area contributed by atoms with Crippen LogP contribution in [0.5, 0.6) is 11.5 Å². The number of aromatic nitrogens is 4. The molecule has 1 aliphatic heterocycles. The zero-order valence-electron chi connectivity index (χ0n) is 15.0. The lowest BCUT2D eigenvalue weighted by atomic mass is 10.2. The summed E-state index contributed by atoms with van der Waals surface area (Å²) in [6.45, 7) is 0.217. The van der Waals surface area contributed by atoms with E-state index in [1.165, 1.54) is 41.7 Å². The molecular formula is C17H15ClN4O6. The summed E-state index contributed by atoms with van der Waals surface area (Å²) in [5.41, 5.74) is -0.185. The topological polar surface area (TPSA) is 107 Å². The van der Waals surface area contributed by atoms with Crippen LogP contribution >= 0.6 is 11.6 Å². The van der Waals surface area contributed by atoms with Gasteiger partial charge in [-0.15, -0.1) is 0 Å². The molecule has 0 amide bonds. The number of ether oxygens (including phenoxy) is 3. The van der Waals surface area contributed by atoms with Crippen molar-refractivity contribution >= 4 is 28.7 Å². The molecule has 1 aromatic carbocycles. The van der Waals surface area contributed by atoms with E-state index in [1.807, 2.05) is 0 Å². The monoisotopic (exact) mass is 406 g/mol. The van der Waals surface area contributed by atoms with Crippen LogP contribution in [0.2, 0.25) is 5.02 Å². The van der Waals surface area contributed by atoms with Crippen molar-refractivity contribution in [1.29, 1.82) is 0 Å². The molecule has 4 rings (SSSR count). The van der Waals surface area contributed by atoms with E-state index >= 15 is 0 Å². The minimum atomic E-state index is -0.593. The van der Waals surface area contributed by atoms with E-state index < -0.39 is 17.2 Å². The summed E-state index contributed by atoms with van der Waals surface area (Å²) in [6, 6.07) is 2.93. The molecule has 3 aromatic rings. The summed E-state index contributed by atoms with van der Waals surface area (Å²) < 4.78 is 19.5. The number of carbonyl (C=O) groups excluding carboxylic acids is 1. The minimum absolute atomic E-state index is 0.0116. The van der Waals surface area contributed by atoms with Gasteiger partial charge < -0.3 is 18.8 Å². The van der Waals surface area contributed by atoms with E-state index in [1.54, 1.807) is 0 Å². The number of hydrogen-bond acceptors (Lipinski definition) is 7. The zero-order valence-corrected chi connectivity index (χ0v) is 15.7. The van der Waals surface area contributed by atoms with Crippen molar-refractivity contribution in [2.24, 2.45) is 14.1 Å². The standard InChI is InChI=1S/C17H15ClN4O6/c1-20-14-12(15(23)21(2)17(20)25)22(7-19-14)3-4-26-16(24)9-5-10(18)13-11(6-9)27-8-28-13/h5-7H,3-4,8H2,1-2H3. The fraction of sp³-hybridized carbons (Fsp3) is 0.294. The molecule has 0 unspecified atom stereocenters. The van der Waals surface area contributed by atoms with Gasteiger partial charge in [-0.25, -0.2) is 14.6 Å². The number of carbonyl (C=O) groups is 1. The van der Waals surface area contributed by atoms with Gasteiger partial charge in [0.25, 0.3) is 5.56 Å². The first-order valence-electron chi connectivity index (χ1n) is 8.25. The average Bonchev–Trinajstić information content (AvgIpc) is 3.32. The van der Waals surface area contributed by atoms with Crippen molar-refractivity contribution in [3.63, 3.8) is 0 Å². The van der Waals surface area contributed by atoms with Crippen LogP contribution < -0.4 is 20.7 Å². The first-order valence-corrected chi connectivity index (χ1v) is 8.63. The van der Waals surface area contributed by atoms with Crippen molar-refractivity contribution in [2.75, 3.05) is 13.4 Å². The van der Waals surface area contributed by atoms with Crippen LogP contribution in [0, 0.1) is 0 Å². The van der Waals surface area contributed by atoms with Crippen LogP contribution in [0.15, 0.2) is 28.0 Å². The normalized spacial score (nSPS) is 12.5. The SMILES string of the molecule is Cn1c(=O)c2c(ncn2CCOC(=O)c2cc(Cl)c3c(c2)OCO3)n(C)c1=O. The third kappa shape index (κ3) is 2.82. The van der Waals surface area contributed by atoms with Crippen molar-refractivity contribution in [3.05, 3.63) is 49.9 Å². The summed E-state index contributed by atoms with van der Waals surface area (Å²) in [5, 5.41) is 0.256. The van der Waals surface area contributed by atoms with E-state index in [9.17, 15) is 14.4 Å². The Morgan fingerprint density at radius 3 is 2.82 bits per heavy atom. The molecule has 2 aromatic heterocycles. The Balaban J connectivity index is 1.52. The van der Waals surface area contributed by atoms with Gasteiger partial charge >= 0.3 is 11.7 Å². The fourth-order valence-corrected chi connectivity index (χ4v) is 3.24. The molecule has 10 nitrogen and oxygen atoms in total. The molecule has 0 spiro atoms. The minimum Gasteiger partial charge on any atom is -0.460 e. The van der Waals surface area contributed by atoms with E-state index in [2.05, 4.69) is 4.98 Å². The van der Waals surface area contributed by atoms with Crippen molar-refractivity contribution in [2.45, 2.75) is 6.54 Å². The Kier molecular flexibility index (Phi) is 4.34. The molecule has 11 heteroatoms. The molecule has 0 saturated heterocycles. The van der Waals surface area contributed by atoms with Gasteiger partial charge in [-0.1, -0.05) is 11.6 Å². The maximum atomic E-state index is 12.4. The number of halogens is 1. The van der Waals surface area contributed by atoms with E-state index in [0.717, 1.165) is 4.57 Å². The Morgan fingerprint density at radius 1 is 1.25 bits per heavy atom. The number of fused-ring (bicyclic) bond motifs is 2. The predicted octanol–water partition coefficient (Wildman–Crippen LogP) is 0.673. The van der Waals surface area contributed by atoms with Gasteiger partial charge in [0.05, 0.1) is 23.5 Å². The van der Waals surface area contributed by atoms with Gasteiger partial charge in [0.15, 0.2) is 22.7 Å². The van der Waals surface area contributed by atoms with Gasteiger partial charge in [0, 0.05) is 14.1 Å². The molecule has 0 N–H and O–H groups in total. The highest BCUT2D eigenvalue weighted by Gasteiger charge is 2.21. The average molecular weight is 407 g/mol. The van der Waals surface area contributed by atoms with E-state index in [4.69, 9.17) is 25.8 Å². The van der Waals surface area contributed by atoms with E-state index in [-0.39, 0.29) is 41.7 Å². The van der Waals surface area contributed by atoms with Crippen LogP contribution in [0.25, 0.3) is 11.2 Å². The molecular weight excluding hydrogens is 392 g/mol. The summed E-state index contributed by atoms with van der Waals surface area (Å²) in [5.74, 6) is 0.180. The molecule has 0 atom stereocenters. The lowest BCUT2D eigenvalue weighted by molar-refractivity contribution is 0.0492. The number of rotatable bonds is 4. The molecule has 0 bridgehead atoms. The molecule has 3 heterocycles. The summed E-state index contributed by atoms with van der Waals surface area (Å²) in [7, 11) is 2.93. The third-order valence-electron chi connectivity index (χ3n) is 4.45. The quantitative estimate of drug-likeness (QED) is 0.586. The van der Waals surface area contributed by atoms with Crippen LogP contribution in [0.3, 0.4) is 0 Å². The van der Waals surface area contributed by atoms with Gasteiger partial charge in [0.1, 0.15) is 6.61 Å². The summed E-state index contributed by atoms with van der Waals surface area (Å²) >= 11 is 6.07. The van der Waals surface area contributed by atoms with Crippen LogP contribution in [-0.4, -0.2) is 38.1 Å². The maximum Gasteiger partial charge on any atom is 0.338 e. The Labute approximate surface area is 162 Å². The summed E-state index contributed by atoms with van der Waals surface area (Å²) in [4.78, 5) is 40.8. The number of aryl methyl sites for hydroxylation is 1. The number of esters is 1. The Hall–Kier alpha value is -3.27. The molecule has 28 heavy (non-hydrogen) atoms. The molecule has 1 aliphatic rings. The molecule has 0 aliphatic carbocycles. The molecule has 146 valence electrons. The highest BCUT2D eigenvalue weighted by Crippen LogP contribution is 2.39. The predicted molar refractivity (Wildman–Crippen MR) is 98.1 cm³/mol. The van der Waals surface area contributed by atoms with E-state index in [0.29, 0.717) is 11.5 Å². The van der Waals surface area contributed by atoms with Crippen molar-refractivity contribution in [1.82, 2.24) is 18.7 Å². The lowest BCUT2D eigenvalue weighted by Gasteiger charge is -2.08. The lowest BCUT2D eigenvalue weighted by Crippen LogP contribution is -2.37. The van der Waals surface area contributed by atoms with Gasteiger partial charge in [-0.05, 0) is 12.1 Å². The second-order valence-electron chi connectivity index (χ2n) is 6.14. The number of nitrogens with zero attached hydrogens (tertiary/aromatic N) is 4. The first kappa shape index (κ1) is 18.1. The molecule has 0 radical (unpaired) electrons. The van der Waals surface area contributed by atoms with Gasteiger partial charge in [-0.2, -0.15) is 0 Å². The highest BCUT2D eigenvalue weighted by atomic mass is 35.5. The van der Waals surface area contributed by atoms with Crippen LogP contribution in [0.1, 0.15) is 10.4 Å². The first-order chi connectivity index (χ1) is 13.4. The van der Waals surface area contributed by atoms with Gasteiger partial charge in [-0.3, -0.25) is 13.9 Å². The highest BCUT2D eigenvalue weighted by molar-refractivity contribution is 6.32. The van der Waals surface area contributed by atoms with Gasteiger partial charge in [0.2, 0.25) is 6.79 Å². The fourth-order valence-electron chi connectivity index (χ4n) is 2.97. The van der Waals surface area contributed by atoms with Crippen LogP contribution in [-0.2, 0) is 25.4 Å². The smallest absolute Gasteiger partial charge is 0.338 e. The number of benzene rings is 1. The number of hydrogen-bond donors (Lipinski definition) is 0. The van der Waals surface area contributed by atoms with Crippen molar-refractivity contribution < 1.29 is 19.0 Å². The maximum absolute atomic E-state index is 12.4. The number of imidazole rings is 1. The second kappa shape index (κ2) is 6.71. The largest absolute Gasteiger partial charge is 0.460 e.